The maximum atomic E-state index is 11.8. The Balaban J connectivity index is 2.28. The van der Waals surface area contributed by atoms with Gasteiger partial charge in [-0.15, -0.1) is 0 Å². The van der Waals surface area contributed by atoms with Crippen LogP contribution in [0.1, 0.15) is 29.6 Å². The Hall–Kier alpha value is -1.56. The predicted octanol–water partition coefficient (Wildman–Crippen LogP) is 2.10. The Morgan fingerprint density at radius 2 is 2.11 bits per heavy atom. The van der Waals surface area contributed by atoms with E-state index in [0.29, 0.717) is 18.5 Å². The molecule has 0 saturated heterocycles. The molecule has 1 amide bonds. The normalized spacial score (nSPS) is 11.3. The second-order valence-electron chi connectivity index (χ2n) is 3.78. The van der Waals surface area contributed by atoms with E-state index in [1.165, 1.54) is 0 Å². The molecule has 0 unspecified atom stereocenters. The van der Waals surface area contributed by atoms with Crippen molar-refractivity contribution in [3.63, 3.8) is 0 Å². The Morgan fingerprint density at radius 3 is 2.78 bits per heavy atom. The van der Waals surface area contributed by atoms with Crippen LogP contribution in [0.2, 0.25) is 0 Å². The van der Waals surface area contributed by atoms with Gasteiger partial charge in [0.1, 0.15) is 5.84 Å². The number of unbranched alkanes of at least 4 members (excludes halogenated alkanes) is 1. The molecule has 0 radical (unpaired) electrons. The van der Waals surface area contributed by atoms with Crippen molar-refractivity contribution in [2.24, 2.45) is 10.9 Å². The topological polar surface area (TPSA) is 87.7 Å². The van der Waals surface area contributed by atoms with Gasteiger partial charge in [-0.25, -0.2) is 0 Å². The number of carbonyl (C=O) groups excluding carboxylic acids is 1. The van der Waals surface area contributed by atoms with E-state index in [0.717, 1.165) is 17.3 Å². The van der Waals surface area contributed by atoms with Crippen molar-refractivity contribution in [2.45, 2.75) is 19.3 Å². The molecule has 0 aliphatic carbocycles. The Bertz CT molecular complexity index is 435. The Morgan fingerprint density at radius 1 is 1.39 bits per heavy atom. The van der Waals surface area contributed by atoms with Crippen LogP contribution in [-0.2, 0) is 0 Å². The highest BCUT2D eigenvalue weighted by molar-refractivity contribution is 9.10. The van der Waals surface area contributed by atoms with E-state index in [9.17, 15) is 4.79 Å². The minimum absolute atomic E-state index is 0.105. The van der Waals surface area contributed by atoms with Crippen molar-refractivity contribution in [3.8, 4) is 0 Å². The van der Waals surface area contributed by atoms with E-state index < -0.39 is 0 Å². The largest absolute Gasteiger partial charge is 0.409 e. The molecule has 18 heavy (non-hydrogen) atoms. The lowest BCUT2D eigenvalue weighted by Gasteiger charge is -2.06. The number of benzene rings is 1. The molecule has 5 nitrogen and oxygen atoms in total. The highest BCUT2D eigenvalue weighted by atomic mass is 79.9. The third-order valence-electron chi connectivity index (χ3n) is 2.39. The molecule has 0 aliphatic rings. The standard InChI is InChI=1S/C12H16BrN3O2/c13-10-6-2-1-5-9(10)12(17)15-8-4-3-7-11(14)16-18/h1-2,5-6,18H,3-4,7-8H2,(H2,14,16)(H,15,17). The zero-order valence-electron chi connectivity index (χ0n) is 9.90. The molecule has 0 fully saturated rings. The number of hydrogen-bond donors (Lipinski definition) is 3. The molecular formula is C12H16BrN3O2. The first kappa shape index (κ1) is 14.5. The van der Waals surface area contributed by atoms with Crippen molar-refractivity contribution in [1.29, 1.82) is 0 Å². The fourth-order valence-corrected chi connectivity index (χ4v) is 1.89. The van der Waals surface area contributed by atoms with Crippen molar-refractivity contribution in [3.05, 3.63) is 34.3 Å². The average Bonchev–Trinajstić information content (AvgIpc) is 2.38. The molecule has 0 heterocycles. The van der Waals surface area contributed by atoms with E-state index in [-0.39, 0.29) is 11.7 Å². The predicted molar refractivity (Wildman–Crippen MR) is 73.7 cm³/mol. The Labute approximate surface area is 114 Å². The number of nitrogens with zero attached hydrogens (tertiary/aromatic N) is 1. The average molecular weight is 314 g/mol. The lowest BCUT2D eigenvalue weighted by Crippen LogP contribution is -2.25. The first-order valence-electron chi connectivity index (χ1n) is 5.64. The monoisotopic (exact) mass is 313 g/mol. The van der Waals surface area contributed by atoms with E-state index in [1.807, 2.05) is 18.2 Å². The van der Waals surface area contributed by atoms with E-state index in [1.54, 1.807) is 6.07 Å². The van der Waals surface area contributed by atoms with Gasteiger partial charge in [0.2, 0.25) is 0 Å². The summed E-state index contributed by atoms with van der Waals surface area (Å²) in [7, 11) is 0. The van der Waals surface area contributed by atoms with Gasteiger partial charge in [-0.05, 0) is 40.9 Å². The van der Waals surface area contributed by atoms with Gasteiger partial charge in [0.05, 0.1) is 5.56 Å². The number of nitrogens with two attached hydrogens (primary N) is 1. The quantitative estimate of drug-likeness (QED) is 0.247. The summed E-state index contributed by atoms with van der Waals surface area (Å²) in [5.74, 6) is 0.110. The first-order valence-corrected chi connectivity index (χ1v) is 6.43. The number of rotatable bonds is 6. The molecule has 0 spiro atoms. The van der Waals surface area contributed by atoms with Crippen molar-refractivity contribution in [2.75, 3.05) is 6.54 Å². The summed E-state index contributed by atoms with van der Waals surface area (Å²) in [6.45, 7) is 0.568. The number of amidine groups is 1. The van der Waals surface area contributed by atoms with Crippen molar-refractivity contribution >= 4 is 27.7 Å². The first-order chi connectivity index (χ1) is 8.65. The zero-order valence-corrected chi connectivity index (χ0v) is 11.5. The minimum Gasteiger partial charge on any atom is -0.409 e. The third-order valence-corrected chi connectivity index (χ3v) is 3.08. The van der Waals surface area contributed by atoms with Gasteiger partial charge in [0, 0.05) is 17.4 Å². The lowest BCUT2D eigenvalue weighted by molar-refractivity contribution is 0.0952. The van der Waals surface area contributed by atoms with Gasteiger partial charge in [-0.3, -0.25) is 4.79 Å². The highest BCUT2D eigenvalue weighted by Gasteiger charge is 2.07. The molecule has 1 rings (SSSR count). The molecule has 0 saturated carbocycles. The molecular weight excluding hydrogens is 298 g/mol. The summed E-state index contributed by atoms with van der Waals surface area (Å²) in [5.41, 5.74) is 5.95. The van der Waals surface area contributed by atoms with Gasteiger partial charge in [-0.2, -0.15) is 0 Å². The second kappa shape index (κ2) is 7.71. The molecule has 98 valence electrons. The number of oxime groups is 1. The fraction of sp³-hybridized carbons (Fsp3) is 0.333. The van der Waals surface area contributed by atoms with Crippen LogP contribution >= 0.6 is 15.9 Å². The van der Waals surface area contributed by atoms with Crippen LogP contribution in [0.15, 0.2) is 33.9 Å². The van der Waals surface area contributed by atoms with Gasteiger partial charge in [-0.1, -0.05) is 17.3 Å². The summed E-state index contributed by atoms with van der Waals surface area (Å²) >= 11 is 3.33. The minimum atomic E-state index is -0.105. The smallest absolute Gasteiger partial charge is 0.252 e. The van der Waals surface area contributed by atoms with E-state index in [4.69, 9.17) is 10.9 Å². The van der Waals surface area contributed by atoms with Crippen molar-refractivity contribution < 1.29 is 10.0 Å². The molecule has 1 aromatic carbocycles. The van der Waals surface area contributed by atoms with E-state index >= 15 is 0 Å². The molecule has 0 aromatic heterocycles. The summed E-state index contributed by atoms with van der Waals surface area (Å²) in [6.07, 6.45) is 2.08. The molecule has 1 aromatic rings. The SMILES string of the molecule is NC(CCCCNC(=O)c1ccccc1Br)=NO. The van der Waals surface area contributed by atoms with Crippen LogP contribution in [0.25, 0.3) is 0 Å². The highest BCUT2D eigenvalue weighted by Crippen LogP contribution is 2.15. The molecule has 6 heteroatoms. The Kier molecular flexibility index (Phi) is 6.21. The lowest BCUT2D eigenvalue weighted by atomic mass is 10.2. The van der Waals surface area contributed by atoms with Crippen molar-refractivity contribution in [1.82, 2.24) is 5.32 Å². The number of carbonyl (C=O) groups is 1. The summed E-state index contributed by atoms with van der Waals surface area (Å²) in [4.78, 5) is 11.8. The number of amides is 1. The van der Waals surface area contributed by atoms with Gasteiger partial charge < -0.3 is 16.3 Å². The van der Waals surface area contributed by atoms with Gasteiger partial charge >= 0.3 is 0 Å². The number of halogens is 1. The van der Waals surface area contributed by atoms with Gasteiger partial charge in [0.25, 0.3) is 5.91 Å². The van der Waals surface area contributed by atoms with Crippen LogP contribution in [0.5, 0.6) is 0 Å². The zero-order chi connectivity index (χ0) is 13.4. The number of hydrogen-bond acceptors (Lipinski definition) is 3. The molecule has 0 atom stereocenters. The van der Waals surface area contributed by atoms with Crippen LogP contribution in [-0.4, -0.2) is 23.5 Å². The maximum absolute atomic E-state index is 11.8. The maximum Gasteiger partial charge on any atom is 0.252 e. The van der Waals surface area contributed by atoms with Crippen LogP contribution in [0.3, 0.4) is 0 Å². The van der Waals surface area contributed by atoms with E-state index in [2.05, 4.69) is 26.4 Å². The fourth-order valence-electron chi connectivity index (χ4n) is 1.42. The van der Waals surface area contributed by atoms with Gasteiger partial charge in [0.15, 0.2) is 0 Å². The molecule has 0 bridgehead atoms. The summed E-state index contributed by atoms with van der Waals surface area (Å²) in [6, 6.07) is 7.26. The molecule has 4 N–H and O–H groups in total. The van der Waals surface area contributed by atoms with Crippen LogP contribution in [0.4, 0.5) is 0 Å². The third kappa shape index (κ3) is 4.75. The summed E-state index contributed by atoms with van der Waals surface area (Å²) in [5, 5.41) is 14.0. The number of nitrogens with one attached hydrogen (secondary N) is 1. The van der Waals surface area contributed by atoms with Crippen LogP contribution in [0, 0.1) is 0 Å². The van der Waals surface area contributed by atoms with Crippen LogP contribution < -0.4 is 11.1 Å². The summed E-state index contributed by atoms with van der Waals surface area (Å²) < 4.78 is 0.777. The second-order valence-corrected chi connectivity index (χ2v) is 4.64. The molecule has 0 aliphatic heterocycles.